The molecule has 0 aromatic heterocycles. The van der Waals surface area contributed by atoms with Gasteiger partial charge in [0.15, 0.2) is 29.3 Å². The van der Waals surface area contributed by atoms with Crippen LogP contribution in [-0.2, 0) is 15.9 Å². The van der Waals surface area contributed by atoms with Gasteiger partial charge in [0.1, 0.15) is 24.4 Å². The molecular formula is C28H38O13. The monoisotopic (exact) mass is 582 g/mol. The van der Waals surface area contributed by atoms with Crippen LogP contribution in [0, 0.1) is 11.8 Å². The van der Waals surface area contributed by atoms with Gasteiger partial charge in [-0.05, 0) is 47.6 Å². The van der Waals surface area contributed by atoms with Crippen molar-refractivity contribution in [3.05, 3.63) is 34.9 Å². The Bertz CT molecular complexity index is 1180. The Hall–Kier alpha value is -3.04. The number of phenolic OH excluding ortho intramolecular Hbond substituents is 2. The number of aromatic hydroxyl groups is 2. The maximum atomic E-state index is 11.0. The first-order valence-electron chi connectivity index (χ1n) is 13.1. The molecule has 1 aliphatic heterocycles. The molecule has 0 radical (unpaired) electrons. The van der Waals surface area contributed by atoms with Crippen LogP contribution >= 0.6 is 0 Å². The third kappa shape index (κ3) is 5.58. The number of methoxy groups -OCH3 is 4. The fraction of sp³-hybridized carbons (Fsp3) is 0.571. The first-order chi connectivity index (χ1) is 19.6. The normalized spacial score (nSPS) is 29.5. The molecule has 41 heavy (non-hydrogen) atoms. The molecule has 13 heteroatoms. The fourth-order valence-corrected chi connectivity index (χ4v) is 5.83. The zero-order valence-electron chi connectivity index (χ0n) is 23.3. The van der Waals surface area contributed by atoms with Crippen LogP contribution in [0.4, 0.5) is 0 Å². The molecule has 3 unspecified atom stereocenters. The lowest BCUT2D eigenvalue weighted by Crippen LogP contribution is -2.59. The number of ether oxygens (including phenoxy) is 6. The van der Waals surface area contributed by atoms with Crippen LogP contribution in [0.3, 0.4) is 0 Å². The predicted octanol–water partition coefficient (Wildman–Crippen LogP) is -0.139. The highest BCUT2D eigenvalue weighted by molar-refractivity contribution is 5.64. The maximum Gasteiger partial charge on any atom is 0.201 e. The summed E-state index contributed by atoms with van der Waals surface area (Å²) in [5.41, 5.74) is 1.88. The molecule has 2 aromatic carbocycles. The minimum atomic E-state index is -1.63. The molecule has 0 spiro atoms. The zero-order valence-corrected chi connectivity index (χ0v) is 23.3. The highest BCUT2D eigenvalue weighted by Gasteiger charge is 2.46. The molecule has 1 aliphatic carbocycles. The Labute approximate surface area is 237 Å². The molecule has 228 valence electrons. The number of hydrogen-bond acceptors (Lipinski definition) is 13. The van der Waals surface area contributed by atoms with Gasteiger partial charge in [0, 0.05) is 18.1 Å². The van der Waals surface area contributed by atoms with E-state index in [4.69, 9.17) is 28.4 Å². The average molecular weight is 583 g/mol. The first kappa shape index (κ1) is 30.9. The smallest absolute Gasteiger partial charge is 0.201 e. The molecule has 2 aromatic rings. The van der Waals surface area contributed by atoms with Crippen LogP contribution in [0.2, 0.25) is 0 Å². The van der Waals surface area contributed by atoms with Crippen molar-refractivity contribution in [2.45, 2.75) is 43.0 Å². The van der Waals surface area contributed by atoms with Gasteiger partial charge in [-0.25, -0.2) is 0 Å². The van der Waals surface area contributed by atoms with Gasteiger partial charge in [-0.2, -0.15) is 0 Å². The first-order valence-corrected chi connectivity index (χ1v) is 13.1. The number of aliphatic hydroxyl groups is 5. The maximum absolute atomic E-state index is 11.0. The highest BCUT2D eigenvalue weighted by Crippen LogP contribution is 2.54. The number of rotatable bonds is 10. The second-order valence-electron chi connectivity index (χ2n) is 10.1. The van der Waals surface area contributed by atoms with Crippen molar-refractivity contribution in [2.24, 2.45) is 11.8 Å². The van der Waals surface area contributed by atoms with Crippen molar-refractivity contribution >= 4 is 0 Å². The van der Waals surface area contributed by atoms with Gasteiger partial charge in [-0.15, -0.1) is 0 Å². The lowest BCUT2D eigenvalue weighted by Gasteiger charge is -2.43. The van der Waals surface area contributed by atoms with Crippen molar-refractivity contribution in [1.29, 1.82) is 0 Å². The lowest BCUT2D eigenvalue weighted by atomic mass is 9.66. The summed E-state index contributed by atoms with van der Waals surface area (Å²) in [5.74, 6) is -1.51. The standard InChI is InChI=1S/C28H38O13/c1-36-16-7-13(8-17(37-2)22(16)31)20-15(11-40-28-26(35)25(34)23(32)19(10-30)41-28)14(9-29)5-12-6-18(38-3)24(33)27(39-4)21(12)20/h6-8,14-15,19-20,23,25-26,28-35H,5,9-11H2,1-4H3/t14-,15+,19?,20?,23+,25?,26-,28+/m0/s1. The second kappa shape index (κ2) is 12.9. The number of aliphatic hydroxyl groups excluding tert-OH is 5. The summed E-state index contributed by atoms with van der Waals surface area (Å²) in [6.07, 6.45) is -7.02. The third-order valence-electron chi connectivity index (χ3n) is 7.99. The molecule has 7 N–H and O–H groups in total. The molecule has 0 bridgehead atoms. The molecule has 1 fully saturated rings. The molecule has 0 saturated carbocycles. The van der Waals surface area contributed by atoms with E-state index in [2.05, 4.69) is 0 Å². The number of benzene rings is 2. The van der Waals surface area contributed by atoms with Crippen LogP contribution < -0.4 is 18.9 Å². The van der Waals surface area contributed by atoms with Crippen LogP contribution in [0.15, 0.2) is 18.2 Å². The summed E-state index contributed by atoms with van der Waals surface area (Å²) in [6, 6.07) is 4.88. The van der Waals surface area contributed by atoms with E-state index < -0.39 is 55.1 Å². The summed E-state index contributed by atoms with van der Waals surface area (Å²) in [4.78, 5) is 0. The Morgan fingerprint density at radius 3 is 1.93 bits per heavy atom. The zero-order chi connectivity index (χ0) is 30.0. The highest BCUT2D eigenvalue weighted by atomic mass is 16.7. The molecule has 0 amide bonds. The van der Waals surface area contributed by atoms with Gasteiger partial charge in [0.05, 0.1) is 41.7 Å². The van der Waals surface area contributed by atoms with Crippen molar-refractivity contribution in [3.8, 4) is 34.5 Å². The van der Waals surface area contributed by atoms with E-state index in [1.54, 1.807) is 18.2 Å². The lowest BCUT2D eigenvalue weighted by molar-refractivity contribution is -0.304. The predicted molar refractivity (Wildman–Crippen MR) is 142 cm³/mol. The topological polar surface area (TPSA) is 197 Å². The summed E-state index contributed by atoms with van der Waals surface area (Å²) >= 11 is 0. The van der Waals surface area contributed by atoms with Crippen molar-refractivity contribution in [2.75, 3.05) is 48.3 Å². The fourth-order valence-electron chi connectivity index (χ4n) is 5.83. The average Bonchev–Trinajstić information content (AvgIpc) is 2.98. The van der Waals surface area contributed by atoms with Crippen molar-refractivity contribution < 1.29 is 64.2 Å². The summed E-state index contributed by atoms with van der Waals surface area (Å²) in [7, 11) is 5.60. The van der Waals surface area contributed by atoms with E-state index in [0.717, 1.165) is 5.56 Å². The SMILES string of the molecule is COc1cc(C2c3c(cc(OC)c(O)c3OC)C[C@@H](CO)[C@H]2CO[C@@H]2OC(CO)[C@@H](O)C(O)[C@@H]2O)cc(OC)c1O. The molecule has 8 atom stereocenters. The minimum absolute atomic E-state index is 0.123. The van der Waals surface area contributed by atoms with E-state index >= 15 is 0 Å². The van der Waals surface area contributed by atoms with Crippen LogP contribution in [0.25, 0.3) is 0 Å². The summed E-state index contributed by atoms with van der Waals surface area (Å²) in [5, 5.41) is 72.6. The van der Waals surface area contributed by atoms with Gasteiger partial charge < -0.3 is 64.2 Å². The quantitative estimate of drug-likeness (QED) is 0.196. The molecule has 4 rings (SSSR count). The molecular weight excluding hydrogens is 544 g/mol. The van der Waals surface area contributed by atoms with E-state index in [1.807, 2.05) is 0 Å². The number of hydrogen-bond donors (Lipinski definition) is 7. The van der Waals surface area contributed by atoms with Gasteiger partial charge in [-0.1, -0.05) is 0 Å². The Morgan fingerprint density at radius 2 is 1.39 bits per heavy atom. The number of phenols is 2. The molecule has 13 nitrogen and oxygen atoms in total. The van der Waals surface area contributed by atoms with Crippen molar-refractivity contribution in [3.63, 3.8) is 0 Å². The van der Waals surface area contributed by atoms with E-state index in [1.165, 1.54) is 28.4 Å². The summed E-state index contributed by atoms with van der Waals surface area (Å²) in [6.45, 7) is -1.02. The largest absolute Gasteiger partial charge is 0.502 e. The molecule has 1 saturated heterocycles. The second-order valence-corrected chi connectivity index (χ2v) is 10.1. The summed E-state index contributed by atoms with van der Waals surface area (Å²) < 4.78 is 33.3. The van der Waals surface area contributed by atoms with Crippen LogP contribution in [0.5, 0.6) is 34.5 Å². The number of fused-ring (bicyclic) bond motifs is 1. The Balaban J connectivity index is 1.85. The van der Waals surface area contributed by atoms with Gasteiger partial charge in [0.2, 0.25) is 11.5 Å². The molecule has 1 heterocycles. The van der Waals surface area contributed by atoms with E-state index in [9.17, 15) is 35.7 Å². The van der Waals surface area contributed by atoms with Gasteiger partial charge in [0.25, 0.3) is 0 Å². The van der Waals surface area contributed by atoms with Gasteiger partial charge in [-0.3, -0.25) is 0 Å². The Morgan fingerprint density at radius 1 is 0.780 bits per heavy atom. The Kier molecular flexibility index (Phi) is 9.70. The molecule has 2 aliphatic rings. The van der Waals surface area contributed by atoms with E-state index in [0.29, 0.717) is 17.5 Å². The van der Waals surface area contributed by atoms with Gasteiger partial charge >= 0.3 is 0 Å². The van der Waals surface area contributed by atoms with E-state index in [-0.39, 0.29) is 47.7 Å². The van der Waals surface area contributed by atoms with Crippen LogP contribution in [0.1, 0.15) is 22.6 Å². The minimum Gasteiger partial charge on any atom is -0.502 e. The van der Waals surface area contributed by atoms with Crippen molar-refractivity contribution in [1.82, 2.24) is 0 Å². The third-order valence-corrected chi connectivity index (χ3v) is 7.99. The van der Waals surface area contributed by atoms with Crippen LogP contribution in [-0.4, -0.2) is 115 Å².